The maximum Gasteiger partial charge on any atom is 0.224 e. The maximum absolute atomic E-state index is 11.7. The Labute approximate surface area is 109 Å². The van der Waals surface area contributed by atoms with Crippen molar-refractivity contribution in [2.75, 3.05) is 13.1 Å². The van der Waals surface area contributed by atoms with Gasteiger partial charge in [-0.25, -0.2) is 0 Å². The number of aryl methyl sites for hydroxylation is 2. The number of carbonyl (C=O) groups excluding carboxylic acids is 1. The first-order chi connectivity index (χ1) is 8.79. The van der Waals surface area contributed by atoms with Crippen molar-refractivity contribution in [1.82, 2.24) is 5.32 Å². The molecule has 0 fully saturated rings. The number of amides is 1. The second-order valence-electron chi connectivity index (χ2n) is 4.98. The van der Waals surface area contributed by atoms with E-state index < -0.39 is 0 Å². The van der Waals surface area contributed by atoms with Crippen molar-refractivity contribution < 1.29 is 4.79 Å². The fourth-order valence-corrected chi connectivity index (χ4v) is 2.48. The Morgan fingerprint density at radius 3 is 2.89 bits per heavy atom. The average molecular weight is 246 g/mol. The number of nitrogens with one attached hydrogen (secondary N) is 1. The fraction of sp³-hybridized carbons (Fsp3) is 0.533. The SMILES string of the molecule is NCCCCNC(=O)Cc1ccc2c(c1)CCC2. The average Bonchev–Trinajstić information content (AvgIpc) is 2.82. The first kappa shape index (κ1) is 13.1. The van der Waals surface area contributed by atoms with Gasteiger partial charge in [0, 0.05) is 6.54 Å². The van der Waals surface area contributed by atoms with Gasteiger partial charge in [-0.05, 0) is 55.3 Å². The van der Waals surface area contributed by atoms with E-state index in [2.05, 4.69) is 23.5 Å². The molecule has 1 aromatic rings. The van der Waals surface area contributed by atoms with Crippen LogP contribution in [0.4, 0.5) is 0 Å². The van der Waals surface area contributed by atoms with E-state index in [1.165, 1.54) is 30.4 Å². The predicted octanol–water partition coefficient (Wildman–Crippen LogP) is 1.57. The van der Waals surface area contributed by atoms with Crippen molar-refractivity contribution in [3.8, 4) is 0 Å². The number of fused-ring (bicyclic) bond motifs is 1. The van der Waals surface area contributed by atoms with E-state index in [0.717, 1.165) is 24.9 Å². The van der Waals surface area contributed by atoms with Crippen molar-refractivity contribution in [1.29, 1.82) is 0 Å². The zero-order chi connectivity index (χ0) is 12.8. The Morgan fingerprint density at radius 1 is 1.22 bits per heavy atom. The lowest BCUT2D eigenvalue weighted by Crippen LogP contribution is -2.26. The lowest BCUT2D eigenvalue weighted by atomic mass is 10.0. The molecule has 1 aliphatic rings. The maximum atomic E-state index is 11.7. The molecule has 3 N–H and O–H groups in total. The molecule has 0 aromatic heterocycles. The van der Waals surface area contributed by atoms with Gasteiger partial charge in [-0.2, -0.15) is 0 Å². The van der Waals surface area contributed by atoms with Crippen LogP contribution in [0.15, 0.2) is 18.2 Å². The Bertz CT molecular complexity index is 415. The van der Waals surface area contributed by atoms with E-state index >= 15 is 0 Å². The standard InChI is InChI=1S/C15H22N2O/c16-8-1-2-9-17-15(18)11-12-6-7-13-4-3-5-14(13)10-12/h6-7,10H,1-5,8-9,11,16H2,(H,17,18). The lowest BCUT2D eigenvalue weighted by Gasteiger charge is -2.06. The fourth-order valence-electron chi connectivity index (χ4n) is 2.48. The highest BCUT2D eigenvalue weighted by molar-refractivity contribution is 5.78. The van der Waals surface area contributed by atoms with Crippen LogP contribution in [0.25, 0.3) is 0 Å². The number of nitrogens with two attached hydrogens (primary N) is 1. The summed E-state index contributed by atoms with van der Waals surface area (Å²) in [5.74, 6) is 0.116. The minimum Gasteiger partial charge on any atom is -0.356 e. The van der Waals surface area contributed by atoms with Crippen LogP contribution in [0.3, 0.4) is 0 Å². The van der Waals surface area contributed by atoms with E-state index in [0.29, 0.717) is 13.0 Å². The molecule has 0 radical (unpaired) electrons. The van der Waals surface area contributed by atoms with Crippen molar-refractivity contribution in [2.24, 2.45) is 5.73 Å². The highest BCUT2D eigenvalue weighted by atomic mass is 16.1. The summed E-state index contributed by atoms with van der Waals surface area (Å²) in [4.78, 5) is 11.7. The van der Waals surface area contributed by atoms with Crippen LogP contribution in [0.2, 0.25) is 0 Å². The predicted molar refractivity (Wildman–Crippen MR) is 73.5 cm³/mol. The summed E-state index contributed by atoms with van der Waals surface area (Å²) in [7, 11) is 0. The number of unbranched alkanes of at least 4 members (excludes halogenated alkanes) is 1. The molecule has 0 spiro atoms. The van der Waals surface area contributed by atoms with Crippen molar-refractivity contribution in [3.63, 3.8) is 0 Å². The van der Waals surface area contributed by atoms with Crippen molar-refractivity contribution in [2.45, 2.75) is 38.5 Å². The molecule has 1 aliphatic carbocycles. The highest BCUT2D eigenvalue weighted by Gasteiger charge is 2.11. The second-order valence-corrected chi connectivity index (χ2v) is 4.98. The number of hydrogen-bond acceptors (Lipinski definition) is 2. The third-order valence-corrected chi connectivity index (χ3v) is 3.48. The molecule has 2 rings (SSSR count). The molecule has 18 heavy (non-hydrogen) atoms. The highest BCUT2D eigenvalue weighted by Crippen LogP contribution is 2.22. The Balaban J connectivity index is 1.80. The Kier molecular flexibility index (Phi) is 4.76. The molecule has 3 nitrogen and oxygen atoms in total. The number of hydrogen-bond donors (Lipinski definition) is 2. The van der Waals surface area contributed by atoms with Gasteiger partial charge in [0.05, 0.1) is 6.42 Å². The molecule has 0 aliphatic heterocycles. The van der Waals surface area contributed by atoms with E-state index in [1.54, 1.807) is 0 Å². The molecule has 0 unspecified atom stereocenters. The van der Waals surface area contributed by atoms with E-state index in [9.17, 15) is 4.79 Å². The first-order valence-corrected chi connectivity index (χ1v) is 6.87. The van der Waals surface area contributed by atoms with Gasteiger partial charge in [0.1, 0.15) is 0 Å². The summed E-state index contributed by atoms with van der Waals surface area (Å²) in [5, 5.41) is 2.94. The zero-order valence-corrected chi connectivity index (χ0v) is 10.9. The third-order valence-electron chi connectivity index (χ3n) is 3.48. The molecule has 1 amide bonds. The minimum atomic E-state index is 0.116. The van der Waals surface area contributed by atoms with Crippen molar-refractivity contribution >= 4 is 5.91 Å². The Hall–Kier alpha value is -1.35. The van der Waals surface area contributed by atoms with E-state index in [-0.39, 0.29) is 5.91 Å². The van der Waals surface area contributed by atoms with Gasteiger partial charge in [-0.1, -0.05) is 18.2 Å². The van der Waals surface area contributed by atoms with Crippen LogP contribution in [-0.4, -0.2) is 19.0 Å². The molecule has 0 atom stereocenters. The topological polar surface area (TPSA) is 55.1 Å². The normalized spacial score (nSPS) is 13.4. The van der Waals surface area contributed by atoms with E-state index in [1.807, 2.05) is 0 Å². The number of carbonyl (C=O) groups is 1. The molecule has 0 saturated carbocycles. The van der Waals surface area contributed by atoms with Crippen LogP contribution in [-0.2, 0) is 24.1 Å². The number of rotatable bonds is 6. The summed E-state index contributed by atoms with van der Waals surface area (Å²) in [6, 6.07) is 6.46. The first-order valence-electron chi connectivity index (χ1n) is 6.87. The van der Waals surface area contributed by atoms with Crippen LogP contribution < -0.4 is 11.1 Å². The molecule has 3 heteroatoms. The van der Waals surface area contributed by atoms with Gasteiger partial charge in [0.25, 0.3) is 0 Å². The van der Waals surface area contributed by atoms with Gasteiger partial charge in [-0.3, -0.25) is 4.79 Å². The largest absolute Gasteiger partial charge is 0.356 e. The second kappa shape index (κ2) is 6.55. The van der Waals surface area contributed by atoms with Gasteiger partial charge in [-0.15, -0.1) is 0 Å². The quantitative estimate of drug-likeness (QED) is 0.749. The number of benzene rings is 1. The molecule has 1 aromatic carbocycles. The zero-order valence-electron chi connectivity index (χ0n) is 10.9. The molecular weight excluding hydrogens is 224 g/mol. The van der Waals surface area contributed by atoms with E-state index in [4.69, 9.17) is 5.73 Å². The summed E-state index contributed by atoms with van der Waals surface area (Å²) in [5.41, 5.74) is 9.43. The monoisotopic (exact) mass is 246 g/mol. The molecule has 0 saturated heterocycles. The summed E-state index contributed by atoms with van der Waals surface area (Å²) in [6.07, 6.45) is 6.05. The lowest BCUT2D eigenvalue weighted by molar-refractivity contribution is -0.120. The van der Waals surface area contributed by atoms with Crippen LogP contribution in [0.5, 0.6) is 0 Å². The summed E-state index contributed by atoms with van der Waals surface area (Å²) in [6.45, 7) is 1.43. The van der Waals surface area contributed by atoms with Crippen LogP contribution >= 0.6 is 0 Å². The van der Waals surface area contributed by atoms with Gasteiger partial charge in [0.15, 0.2) is 0 Å². The van der Waals surface area contributed by atoms with Gasteiger partial charge < -0.3 is 11.1 Å². The van der Waals surface area contributed by atoms with Crippen molar-refractivity contribution in [3.05, 3.63) is 34.9 Å². The van der Waals surface area contributed by atoms with Gasteiger partial charge in [0.2, 0.25) is 5.91 Å². The summed E-state index contributed by atoms with van der Waals surface area (Å²) < 4.78 is 0. The van der Waals surface area contributed by atoms with Crippen LogP contribution in [0.1, 0.15) is 36.0 Å². The molecule has 98 valence electrons. The van der Waals surface area contributed by atoms with Gasteiger partial charge >= 0.3 is 0 Å². The summed E-state index contributed by atoms with van der Waals surface area (Å²) >= 11 is 0. The van der Waals surface area contributed by atoms with Crippen LogP contribution in [0, 0.1) is 0 Å². The molecular formula is C15H22N2O. The third kappa shape index (κ3) is 3.57. The molecule has 0 bridgehead atoms. The minimum absolute atomic E-state index is 0.116. The Morgan fingerprint density at radius 2 is 2.06 bits per heavy atom. The smallest absolute Gasteiger partial charge is 0.224 e. The molecule has 0 heterocycles.